The van der Waals surface area contributed by atoms with Crippen LogP contribution in [-0.2, 0) is 5.41 Å². The fourth-order valence-electron chi connectivity index (χ4n) is 11.8. The lowest BCUT2D eigenvalue weighted by Crippen LogP contribution is -2.36. The van der Waals surface area contributed by atoms with Gasteiger partial charge in [-0.25, -0.2) is 0 Å². The van der Waals surface area contributed by atoms with Gasteiger partial charge in [0.2, 0.25) is 0 Å². The van der Waals surface area contributed by atoms with Gasteiger partial charge in [0.1, 0.15) is 0 Å². The highest BCUT2D eigenvalue weighted by Gasteiger charge is 2.52. The predicted octanol–water partition coefficient (Wildman–Crippen LogP) is 18.7. The van der Waals surface area contributed by atoms with Crippen LogP contribution >= 0.6 is 11.3 Å². The van der Waals surface area contributed by atoms with Gasteiger partial charge >= 0.3 is 0 Å². The Kier molecular flexibility index (Phi) is 9.33. The summed E-state index contributed by atoms with van der Waals surface area (Å²) in [5.74, 6) is 0. The van der Waals surface area contributed by atoms with Crippen LogP contribution in [0.2, 0.25) is 0 Å². The predicted molar refractivity (Wildman–Crippen MR) is 296 cm³/mol. The minimum absolute atomic E-state index is 0.597. The molecule has 2 heterocycles. The lowest BCUT2D eigenvalue weighted by Gasteiger charge is -2.45. The first-order valence-corrected chi connectivity index (χ1v) is 24.9. The van der Waals surface area contributed by atoms with Crippen LogP contribution in [0, 0.1) is 0 Å². The van der Waals surface area contributed by atoms with Crippen molar-refractivity contribution in [3.8, 4) is 44.5 Å². The van der Waals surface area contributed by atoms with E-state index in [1.807, 2.05) is 11.3 Å². The summed E-state index contributed by atoms with van der Waals surface area (Å²) in [5.41, 5.74) is 20.9. The summed E-state index contributed by atoms with van der Waals surface area (Å²) >= 11 is 1.86. The number of benzene rings is 11. The summed E-state index contributed by atoms with van der Waals surface area (Å²) in [7, 11) is 0. The van der Waals surface area contributed by atoms with E-state index in [2.05, 4.69) is 277 Å². The van der Waals surface area contributed by atoms with Crippen LogP contribution in [0.5, 0.6) is 0 Å². The summed E-state index contributed by atoms with van der Waals surface area (Å²) in [5, 5.41) is 2.62. The molecule has 1 spiro atoms. The van der Waals surface area contributed by atoms with E-state index in [1.54, 1.807) is 0 Å². The lowest BCUT2D eigenvalue weighted by molar-refractivity contribution is 0.752. The van der Waals surface area contributed by atoms with Gasteiger partial charge in [-0.3, -0.25) is 0 Å². The molecule has 0 fully saturated rings. The molecule has 0 radical (unpaired) electrons. The summed E-state index contributed by atoms with van der Waals surface area (Å²) < 4.78 is 2.63. The third-order valence-corrected chi connectivity index (χ3v) is 15.8. The second kappa shape index (κ2) is 16.2. The fraction of sp³-hybridized carbons (Fsp3) is 0.0149. The molecule has 2 nitrogen and oxygen atoms in total. The van der Waals surface area contributed by atoms with Crippen molar-refractivity contribution in [3.63, 3.8) is 0 Å². The molecule has 0 saturated heterocycles. The highest BCUT2D eigenvalue weighted by atomic mass is 32.1. The monoisotopic (exact) mass is 908 g/mol. The third-order valence-electron chi connectivity index (χ3n) is 14.7. The van der Waals surface area contributed by atoms with Crippen molar-refractivity contribution in [1.29, 1.82) is 0 Å². The van der Waals surface area contributed by atoms with E-state index >= 15 is 0 Å². The smallest absolute Gasteiger partial charge is 0.0755 e. The maximum Gasteiger partial charge on any atom is 0.0755 e. The number of nitrogens with zero attached hydrogens (tertiary/aromatic N) is 2. The first-order chi connectivity index (χ1) is 34.8. The van der Waals surface area contributed by atoms with Crippen molar-refractivity contribution in [2.24, 2.45) is 0 Å². The van der Waals surface area contributed by atoms with E-state index in [9.17, 15) is 0 Å². The van der Waals surface area contributed by atoms with E-state index in [1.165, 1.54) is 92.7 Å². The molecule has 70 heavy (non-hydrogen) atoms. The molecular formula is C67H44N2S. The standard InChI is InChI=1S/C67H44N2S/c1-3-20-46(21-4-1)50-24-7-8-25-51(50)52-26-10-15-33-60(52)68(49-41-38-45(39-42-49)47-40-43-65-55(44-47)53-27-11-18-37-64(53)70-65)63-36-19-32-59-66(63)54-28-9-12-29-56(54)67(59)57-30-13-16-34-61(57)69(48-22-5-2-6-23-48)62-35-17-14-31-58(62)67/h1-44H. The maximum absolute atomic E-state index is 2.53. The molecule has 1 aliphatic carbocycles. The Morgan fingerprint density at radius 3 is 1.63 bits per heavy atom. The number of fused-ring (bicyclic) bond motifs is 12. The minimum Gasteiger partial charge on any atom is -0.310 e. The van der Waals surface area contributed by atoms with Gasteiger partial charge in [-0.1, -0.05) is 200 Å². The highest BCUT2D eigenvalue weighted by Crippen LogP contribution is 2.65. The fourth-order valence-corrected chi connectivity index (χ4v) is 12.9. The Hall–Kier alpha value is -8.76. The summed E-state index contributed by atoms with van der Waals surface area (Å²) in [6.07, 6.45) is 0. The zero-order valence-electron chi connectivity index (χ0n) is 38.2. The van der Waals surface area contributed by atoms with Crippen molar-refractivity contribution in [2.45, 2.75) is 5.41 Å². The molecule has 0 bridgehead atoms. The molecule has 0 saturated carbocycles. The van der Waals surface area contributed by atoms with Crippen molar-refractivity contribution in [2.75, 3.05) is 9.80 Å². The SMILES string of the molecule is c1ccc(-c2ccccc2-c2ccccc2N(c2ccc(-c3ccc4sc5ccccc5c4c3)cc2)c2cccc3c2-c2ccccc2C32c3ccccc3N(c3ccccc3)c3ccccc32)cc1. The van der Waals surface area contributed by atoms with Crippen LogP contribution in [-0.4, -0.2) is 0 Å². The Bertz CT molecular complexity index is 3920. The van der Waals surface area contributed by atoms with Gasteiger partial charge in [-0.15, -0.1) is 11.3 Å². The minimum atomic E-state index is -0.597. The average Bonchev–Trinajstić information content (AvgIpc) is 3.96. The largest absolute Gasteiger partial charge is 0.310 e. The molecule has 0 amide bonds. The van der Waals surface area contributed by atoms with Crippen LogP contribution in [0.15, 0.2) is 267 Å². The van der Waals surface area contributed by atoms with Gasteiger partial charge in [0.25, 0.3) is 0 Å². The van der Waals surface area contributed by atoms with Gasteiger partial charge in [-0.2, -0.15) is 0 Å². The molecule has 0 atom stereocenters. The zero-order chi connectivity index (χ0) is 46.2. The summed E-state index contributed by atoms with van der Waals surface area (Å²) in [4.78, 5) is 4.98. The van der Waals surface area contributed by atoms with Crippen LogP contribution in [0.4, 0.5) is 34.1 Å². The van der Waals surface area contributed by atoms with Gasteiger partial charge in [0.15, 0.2) is 0 Å². The summed E-state index contributed by atoms with van der Waals surface area (Å²) in [6, 6.07) is 98.7. The lowest BCUT2D eigenvalue weighted by atomic mass is 9.64. The number of rotatable bonds is 7. The first-order valence-electron chi connectivity index (χ1n) is 24.1. The van der Waals surface area contributed by atoms with E-state index in [0.29, 0.717) is 0 Å². The maximum atomic E-state index is 2.53. The molecule has 2 aliphatic rings. The number of thiophene rings is 1. The second-order valence-corrected chi connectivity index (χ2v) is 19.4. The van der Waals surface area contributed by atoms with Crippen molar-refractivity contribution >= 4 is 65.6 Å². The van der Waals surface area contributed by atoms with E-state index in [-0.39, 0.29) is 0 Å². The Balaban J connectivity index is 1.02. The van der Waals surface area contributed by atoms with Crippen LogP contribution < -0.4 is 9.80 Å². The van der Waals surface area contributed by atoms with Gasteiger partial charge < -0.3 is 9.80 Å². The highest BCUT2D eigenvalue weighted by molar-refractivity contribution is 7.25. The molecule has 14 rings (SSSR count). The molecule has 0 N–H and O–H groups in total. The molecule has 12 aromatic rings. The van der Waals surface area contributed by atoms with Gasteiger partial charge in [-0.05, 0) is 122 Å². The molecule has 3 heteroatoms. The van der Waals surface area contributed by atoms with Gasteiger partial charge in [0.05, 0.1) is 28.2 Å². The zero-order valence-corrected chi connectivity index (χ0v) is 39.0. The molecule has 1 aliphatic heterocycles. The van der Waals surface area contributed by atoms with Gasteiger partial charge in [0, 0.05) is 42.7 Å². The quantitative estimate of drug-likeness (QED) is 0.157. The number of para-hydroxylation sites is 4. The molecule has 11 aromatic carbocycles. The number of hydrogen-bond donors (Lipinski definition) is 0. The first kappa shape index (κ1) is 40.3. The molecule has 1 aromatic heterocycles. The Labute approximate surface area is 412 Å². The van der Waals surface area contributed by atoms with Crippen molar-refractivity contribution in [3.05, 3.63) is 289 Å². The van der Waals surface area contributed by atoms with Crippen molar-refractivity contribution < 1.29 is 0 Å². The average molecular weight is 909 g/mol. The third kappa shape index (κ3) is 6.05. The van der Waals surface area contributed by atoms with E-state index in [4.69, 9.17) is 0 Å². The van der Waals surface area contributed by atoms with Crippen molar-refractivity contribution in [1.82, 2.24) is 0 Å². The molecule has 0 unspecified atom stereocenters. The van der Waals surface area contributed by atoms with E-state index < -0.39 is 5.41 Å². The van der Waals surface area contributed by atoms with Crippen LogP contribution in [0.25, 0.3) is 64.7 Å². The normalized spacial score (nSPS) is 12.9. The van der Waals surface area contributed by atoms with E-state index in [0.717, 1.165) is 28.3 Å². The number of anilines is 6. The van der Waals surface area contributed by atoms with Crippen LogP contribution in [0.3, 0.4) is 0 Å². The van der Waals surface area contributed by atoms with Crippen LogP contribution in [0.1, 0.15) is 22.3 Å². The molecule has 328 valence electrons. The molecular weight excluding hydrogens is 865 g/mol. The Morgan fingerprint density at radius 1 is 0.329 bits per heavy atom. The topological polar surface area (TPSA) is 6.48 Å². The number of hydrogen-bond acceptors (Lipinski definition) is 3. The second-order valence-electron chi connectivity index (χ2n) is 18.3. The Morgan fingerprint density at radius 2 is 0.871 bits per heavy atom. The summed E-state index contributed by atoms with van der Waals surface area (Å²) in [6.45, 7) is 0.